The Labute approximate surface area is 156 Å². The topological polar surface area (TPSA) is 50.8 Å². The maximum absolute atomic E-state index is 12.9. The third-order valence-corrected chi connectivity index (χ3v) is 4.57. The van der Waals surface area contributed by atoms with E-state index in [2.05, 4.69) is 10.1 Å². The summed E-state index contributed by atoms with van der Waals surface area (Å²) in [5.74, 6) is 0.808. The van der Waals surface area contributed by atoms with E-state index in [0.717, 1.165) is 23.4 Å². The van der Waals surface area contributed by atoms with Crippen molar-refractivity contribution in [2.75, 3.05) is 26.7 Å². The summed E-state index contributed by atoms with van der Waals surface area (Å²) in [5.41, 5.74) is 1.71. The molecule has 0 bridgehead atoms. The number of alkyl halides is 2. The Morgan fingerprint density at radius 3 is 2.67 bits per heavy atom. The average Bonchev–Trinajstić information content (AvgIpc) is 2.69. The van der Waals surface area contributed by atoms with Gasteiger partial charge in [-0.25, -0.2) is 0 Å². The summed E-state index contributed by atoms with van der Waals surface area (Å²) < 4.78 is 34.3. The molecular formula is C20H22F2N2O3. The average molecular weight is 376 g/mol. The number of nitrogens with zero attached hydrogens (tertiary/aromatic N) is 1. The molecule has 0 radical (unpaired) electrons. The highest BCUT2D eigenvalue weighted by Crippen LogP contribution is 2.30. The molecule has 1 atom stereocenters. The monoisotopic (exact) mass is 376 g/mol. The fourth-order valence-electron chi connectivity index (χ4n) is 3.29. The molecule has 0 spiro atoms. The number of hydrogen-bond acceptors (Lipinski definition) is 4. The smallest absolute Gasteiger partial charge is 0.387 e. The lowest BCUT2D eigenvalue weighted by Crippen LogP contribution is -2.49. The van der Waals surface area contributed by atoms with E-state index in [9.17, 15) is 13.6 Å². The largest absolute Gasteiger partial charge is 0.496 e. The molecule has 1 aliphatic heterocycles. The quantitative estimate of drug-likeness (QED) is 0.842. The van der Waals surface area contributed by atoms with Crippen LogP contribution in [0.5, 0.6) is 11.5 Å². The molecule has 27 heavy (non-hydrogen) atoms. The highest BCUT2D eigenvalue weighted by molar-refractivity contribution is 5.79. The van der Waals surface area contributed by atoms with Gasteiger partial charge in [0.2, 0.25) is 5.91 Å². The zero-order chi connectivity index (χ0) is 19.2. The standard InChI is InChI=1S/C20H22F2N2O3/c1-26-18-5-3-2-4-16(18)17-13-23-10-11-24(17)19(25)12-14-6-8-15(9-7-14)27-20(21)22/h2-9,17,20,23H,10-13H2,1H3. The van der Waals surface area contributed by atoms with E-state index in [1.807, 2.05) is 29.2 Å². The van der Waals surface area contributed by atoms with Crippen molar-refractivity contribution in [1.29, 1.82) is 0 Å². The van der Waals surface area contributed by atoms with Crippen LogP contribution in [-0.4, -0.2) is 44.2 Å². The van der Waals surface area contributed by atoms with Crippen LogP contribution in [0.2, 0.25) is 0 Å². The van der Waals surface area contributed by atoms with Crippen LogP contribution in [0.15, 0.2) is 48.5 Å². The van der Waals surface area contributed by atoms with Gasteiger partial charge in [-0.2, -0.15) is 8.78 Å². The van der Waals surface area contributed by atoms with Gasteiger partial charge in [0.15, 0.2) is 0 Å². The van der Waals surface area contributed by atoms with Gasteiger partial charge in [0.05, 0.1) is 19.6 Å². The minimum Gasteiger partial charge on any atom is -0.496 e. The van der Waals surface area contributed by atoms with Crippen molar-refractivity contribution in [3.8, 4) is 11.5 Å². The molecule has 7 heteroatoms. The van der Waals surface area contributed by atoms with Crippen molar-refractivity contribution in [3.63, 3.8) is 0 Å². The maximum atomic E-state index is 12.9. The first-order valence-electron chi connectivity index (χ1n) is 8.75. The molecule has 0 saturated carbocycles. The van der Waals surface area contributed by atoms with E-state index in [4.69, 9.17) is 4.74 Å². The lowest BCUT2D eigenvalue weighted by atomic mass is 10.0. The van der Waals surface area contributed by atoms with E-state index >= 15 is 0 Å². The van der Waals surface area contributed by atoms with E-state index in [-0.39, 0.29) is 24.1 Å². The van der Waals surface area contributed by atoms with Gasteiger partial charge < -0.3 is 19.7 Å². The zero-order valence-corrected chi connectivity index (χ0v) is 15.0. The van der Waals surface area contributed by atoms with Gasteiger partial charge >= 0.3 is 6.61 Å². The van der Waals surface area contributed by atoms with Crippen molar-refractivity contribution in [1.82, 2.24) is 10.2 Å². The van der Waals surface area contributed by atoms with Crippen LogP contribution < -0.4 is 14.8 Å². The first kappa shape index (κ1) is 19.1. The Morgan fingerprint density at radius 1 is 1.22 bits per heavy atom. The van der Waals surface area contributed by atoms with Gasteiger partial charge in [0, 0.05) is 25.2 Å². The Kier molecular flexibility index (Phi) is 6.24. The summed E-state index contributed by atoms with van der Waals surface area (Å²) in [6.07, 6.45) is 0.195. The number of amides is 1. The number of halogens is 2. The SMILES string of the molecule is COc1ccccc1C1CNCCN1C(=O)Cc1ccc(OC(F)F)cc1. The third kappa shape index (κ3) is 4.74. The number of ether oxygens (including phenoxy) is 2. The maximum Gasteiger partial charge on any atom is 0.387 e. The van der Waals surface area contributed by atoms with Crippen LogP contribution >= 0.6 is 0 Å². The van der Waals surface area contributed by atoms with Gasteiger partial charge in [-0.3, -0.25) is 4.79 Å². The van der Waals surface area contributed by atoms with Crippen LogP contribution in [0.25, 0.3) is 0 Å². The predicted octanol–water partition coefficient (Wildman–Crippen LogP) is 3.01. The second-order valence-corrected chi connectivity index (χ2v) is 6.25. The number of para-hydroxylation sites is 1. The summed E-state index contributed by atoms with van der Waals surface area (Å²) in [7, 11) is 1.62. The third-order valence-electron chi connectivity index (χ3n) is 4.57. The number of carbonyl (C=O) groups excluding carboxylic acids is 1. The van der Waals surface area contributed by atoms with Crippen LogP contribution in [-0.2, 0) is 11.2 Å². The second-order valence-electron chi connectivity index (χ2n) is 6.25. The minimum absolute atomic E-state index is 0.0186. The Bertz CT molecular complexity index is 768. The van der Waals surface area contributed by atoms with E-state index in [1.165, 1.54) is 12.1 Å². The number of hydrogen-bond donors (Lipinski definition) is 1. The second kappa shape index (κ2) is 8.81. The van der Waals surface area contributed by atoms with Gasteiger partial charge in [0.1, 0.15) is 11.5 Å². The first-order valence-corrected chi connectivity index (χ1v) is 8.75. The Morgan fingerprint density at radius 2 is 1.96 bits per heavy atom. The molecule has 1 unspecified atom stereocenters. The van der Waals surface area contributed by atoms with E-state index in [0.29, 0.717) is 13.1 Å². The molecule has 5 nitrogen and oxygen atoms in total. The number of nitrogens with one attached hydrogen (secondary N) is 1. The lowest BCUT2D eigenvalue weighted by Gasteiger charge is -2.37. The summed E-state index contributed by atoms with van der Waals surface area (Å²) in [5, 5.41) is 3.32. The normalized spacial score (nSPS) is 17.0. The summed E-state index contributed by atoms with van der Waals surface area (Å²) in [6, 6.07) is 13.7. The number of carbonyl (C=O) groups is 1. The number of benzene rings is 2. The first-order chi connectivity index (χ1) is 13.1. The lowest BCUT2D eigenvalue weighted by molar-refractivity contribution is -0.133. The summed E-state index contributed by atoms with van der Waals surface area (Å²) in [6.45, 7) is -0.903. The fraction of sp³-hybridized carbons (Fsp3) is 0.350. The van der Waals surface area contributed by atoms with Gasteiger partial charge in [-0.1, -0.05) is 30.3 Å². The van der Waals surface area contributed by atoms with Crippen molar-refractivity contribution in [2.45, 2.75) is 19.1 Å². The van der Waals surface area contributed by atoms with Crippen molar-refractivity contribution < 1.29 is 23.0 Å². The molecule has 2 aromatic carbocycles. The molecule has 144 valence electrons. The molecule has 0 aromatic heterocycles. The zero-order valence-electron chi connectivity index (χ0n) is 15.0. The van der Waals surface area contributed by atoms with Crippen LogP contribution in [0.4, 0.5) is 8.78 Å². The molecule has 0 aliphatic carbocycles. The van der Waals surface area contributed by atoms with Crippen LogP contribution in [0.3, 0.4) is 0 Å². The fourth-order valence-corrected chi connectivity index (χ4v) is 3.29. The molecule has 1 amide bonds. The van der Waals surface area contributed by atoms with Gasteiger partial charge in [-0.05, 0) is 23.8 Å². The predicted molar refractivity (Wildman–Crippen MR) is 97.1 cm³/mol. The molecule has 1 aliphatic rings. The highest BCUT2D eigenvalue weighted by atomic mass is 19.3. The van der Waals surface area contributed by atoms with Gasteiger partial charge in [-0.15, -0.1) is 0 Å². The number of piperazine rings is 1. The van der Waals surface area contributed by atoms with Crippen LogP contribution in [0.1, 0.15) is 17.2 Å². The molecule has 1 heterocycles. The highest BCUT2D eigenvalue weighted by Gasteiger charge is 2.29. The van der Waals surface area contributed by atoms with Crippen molar-refractivity contribution >= 4 is 5.91 Å². The molecular weight excluding hydrogens is 354 g/mol. The number of methoxy groups -OCH3 is 1. The molecule has 2 aromatic rings. The summed E-state index contributed by atoms with van der Waals surface area (Å²) in [4.78, 5) is 14.8. The Balaban J connectivity index is 1.73. The van der Waals surface area contributed by atoms with E-state index in [1.54, 1.807) is 19.2 Å². The van der Waals surface area contributed by atoms with Crippen molar-refractivity contribution in [2.24, 2.45) is 0 Å². The Hall–Kier alpha value is -2.67. The molecule has 1 N–H and O–H groups in total. The van der Waals surface area contributed by atoms with E-state index < -0.39 is 6.61 Å². The van der Waals surface area contributed by atoms with Gasteiger partial charge in [0.25, 0.3) is 0 Å². The summed E-state index contributed by atoms with van der Waals surface area (Å²) >= 11 is 0. The van der Waals surface area contributed by atoms with Crippen LogP contribution in [0, 0.1) is 0 Å². The minimum atomic E-state index is -2.86. The van der Waals surface area contributed by atoms with Crippen molar-refractivity contribution in [3.05, 3.63) is 59.7 Å². The molecule has 1 saturated heterocycles. The molecule has 3 rings (SSSR count). The number of rotatable bonds is 6. The molecule has 1 fully saturated rings.